The van der Waals surface area contributed by atoms with Crippen LogP contribution in [-0.4, -0.2) is 19.1 Å². The molecule has 0 aliphatic heterocycles. The van der Waals surface area contributed by atoms with E-state index in [0.717, 1.165) is 11.4 Å². The Morgan fingerprint density at radius 3 is 2.39 bits per heavy atom. The summed E-state index contributed by atoms with van der Waals surface area (Å²) in [5, 5.41) is 2.86. The van der Waals surface area contributed by atoms with Crippen molar-refractivity contribution in [1.82, 2.24) is 0 Å². The summed E-state index contributed by atoms with van der Waals surface area (Å²) >= 11 is 0. The van der Waals surface area contributed by atoms with Crippen molar-refractivity contribution in [1.29, 1.82) is 0 Å². The first-order chi connectivity index (χ1) is 8.40. The van der Waals surface area contributed by atoms with E-state index in [1.807, 2.05) is 45.0 Å². The first-order valence-corrected chi connectivity index (χ1v) is 6.13. The van der Waals surface area contributed by atoms with Crippen LogP contribution in [0.25, 0.3) is 0 Å². The van der Waals surface area contributed by atoms with Gasteiger partial charge >= 0.3 is 0 Å². The molecule has 100 valence electrons. The fraction of sp³-hybridized carbons (Fsp3) is 0.500. The molecule has 1 aromatic carbocycles. The Morgan fingerprint density at radius 1 is 1.28 bits per heavy atom. The highest BCUT2D eigenvalue weighted by molar-refractivity contribution is 5.91. The van der Waals surface area contributed by atoms with Crippen LogP contribution in [0.2, 0.25) is 0 Å². The molecule has 4 nitrogen and oxygen atoms in total. The van der Waals surface area contributed by atoms with Crippen LogP contribution in [0.1, 0.15) is 27.2 Å². The first-order valence-electron chi connectivity index (χ1n) is 6.13. The molecule has 0 spiro atoms. The normalized spacial score (nSPS) is 11.1. The number of carbonyl (C=O) groups is 1. The lowest BCUT2D eigenvalue weighted by Gasteiger charge is -2.17. The van der Waals surface area contributed by atoms with E-state index in [0.29, 0.717) is 19.6 Å². The van der Waals surface area contributed by atoms with Crippen molar-refractivity contribution in [3.05, 3.63) is 24.3 Å². The van der Waals surface area contributed by atoms with Gasteiger partial charge in [0, 0.05) is 18.7 Å². The van der Waals surface area contributed by atoms with Crippen molar-refractivity contribution in [3.8, 4) is 5.75 Å². The molecule has 0 unspecified atom stereocenters. The highest BCUT2D eigenvalue weighted by Crippen LogP contribution is 2.20. The Balaban J connectivity index is 2.50. The topological polar surface area (TPSA) is 64.3 Å². The molecule has 0 bridgehead atoms. The average molecular weight is 250 g/mol. The van der Waals surface area contributed by atoms with E-state index < -0.39 is 0 Å². The number of anilines is 1. The van der Waals surface area contributed by atoms with Crippen LogP contribution >= 0.6 is 0 Å². The maximum Gasteiger partial charge on any atom is 0.224 e. The van der Waals surface area contributed by atoms with E-state index in [1.165, 1.54) is 0 Å². The summed E-state index contributed by atoms with van der Waals surface area (Å²) in [6.07, 6.45) is 0.498. The lowest BCUT2D eigenvalue weighted by Crippen LogP contribution is -2.19. The van der Waals surface area contributed by atoms with Crippen molar-refractivity contribution >= 4 is 11.6 Å². The van der Waals surface area contributed by atoms with Crippen LogP contribution in [0.5, 0.6) is 5.75 Å². The van der Waals surface area contributed by atoms with Gasteiger partial charge in [-0.25, -0.2) is 0 Å². The zero-order valence-electron chi connectivity index (χ0n) is 11.3. The third-order valence-corrected chi connectivity index (χ3v) is 2.22. The fourth-order valence-corrected chi connectivity index (χ4v) is 1.50. The van der Waals surface area contributed by atoms with Gasteiger partial charge in [0.15, 0.2) is 0 Å². The first kappa shape index (κ1) is 14.5. The van der Waals surface area contributed by atoms with Crippen LogP contribution in [0, 0.1) is 5.41 Å². The molecular formula is C14H22N2O2. The minimum Gasteiger partial charge on any atom is -0.492 e. The Bertz CT molecular complexity index is 380. The van der Waals surface area contributed by atoms with E-state index in [4.69, 9.17) is 10.5 Å². The number of rotatable bonds is 5. The van der Waals surface area contributed by atoms with E-state index in [1.54, 1.807) is 0 Å². The number of nitrogens with one attached hydrogen (secondary N) is 1. The summed E-state index contributed by atoms with van der Waals surface area (Å²) in [4.78, 5) is 11.7. The van der Waals surface area contributed by atoms with Gasteiger partial charge in [-0.05, 0) is 29.7 Å². The van der Waals surface area contributed by atoms with Gasteiger partial charge in [-0.15, -0.1) is 0 Å². The molecule has 3 N–H and O–H groups in total. The molecule has 0 aliphatic rings. The van der Waals surface area contributed by atoms with Gasteiger partial charge in [0.1, 0.15) is 12.4 Å². The van der Waals surface area contributed by atoms with Crippen LogP contribution < -0.4 is 15.8 Å². The lowest BCUT2D eigenvalue weighted by atomic mass is 9.92. The predicted octanol–water partition coefficient (Wildman–Crippen LogP) is 2.40. The largest absolute Gasteiger partial charge is 0.492 e. The molecule has 0 aliphatic carbocycles. The lowest BCUT2D eigenvalue weighted by molar-refractivity contribution is -0.117. The summed E-state index contributed by atoms with van der Waals surface area (Å²) in [7, 11) is 0. The molecular weight excluding hydrogens is 228 g/mol. The molecule has 0 heterocycles. The molecule has 0 radical (unpaired) electrons. The standard InChI is InChI=1S/C14H22N2O2/c1-14(2,3)10-13(17)16-11-4-6-12(7-5-11)18-9-8-15/h4-7H,8-10,15H2,1-3H3,(H,16,17). The van der Waals surface area contributed by atoms with Crippen LogP contribution in [0.3, 0.4) is 0 Å². The van der Waals surface area contributed by atoms with Gasteiger partial charge in [-0.3, -0.25) is 4.79 Å². The van der Waals surface area contributed by atoms with Crippen molar-refractivity contribution in [3.63, 3.8) is 0 Å². The number of carbonyl (C=O) groups excluding carboxylic acids is 1. The van der Waals surface area contributed by atoms with Gasteiger partial charge in [0.2, 0.25) is 5.91 Å². The van der Waals surface area contributed by atoms with Gasteiger partial charge in [0.25, 0.3) is 0 Å². The SMILES string of the molecule is CC(C)(C)CC(=O)Nc1ccc(OCCN)cc1. The molecule has 1 rings (SSSR count). The van der Waals surface area contributed by atoms with Crippen molar-refractivity contribution in [2.75, 3.05) is 18.5 Å². The van der Waals surface area contributed by atoms with Gasteiger partial charge in [0.05, 0.1) is 0 Å². The van der Waals surface area contributed by atoms with Crippen molar-refractivity contribution < 1.29 is 9.53 Å². The Morgan fingerprint density at radius 2 is 1.89 bits per heavy atom. The number of amides is 1. The van der Waals surface area contributed by atoms with Gasteiger partial charge in [-0.2, -0.15) is 0 Å². The van der Waals surface area contributed by atoms with Crippen LogP contribution in [0.4, 0.5) is 5.69 Å². The second-order valence-corrected chi connectivity index (χ2v) is 5.45. The van der Waals surface area contributed by atoms with E-state index in [2.05, 4.69) is 5.32 Å². The number of ether oxygens (including phenoxy) is 1. The summed E-state index contributed by atoms with van der Waals surface area (Å²) in [6.45, 7) is 7.10. The molecule has 0 saturated carbocycles. The third-order valence-electron chi connectivity index (χ3n) is 2.22. The molecule has 18 heavy (non-hydrogen) atoms. The Labute approximate surface area is 109 Å². The van der Waals surface area contributed by atoms with Crippen molar-refractivity contribution in [2.45, 2.75) is 27.2 Å². The van der Waals surface area contributed by atoms with E-state index >= 15 is 0 Å². The molecule has 0 fully saturated rings. The number of benzene rings is 1. The molecule has 1 amide bonds. The van der Waals surface area contributed by atoms with Crippen LogP contribution in [0.15, 0.2) is 24.3 Å². The average Bonchev–Trinajstić information content (AvgIpc) is 2.25. The molecule has 0 saturated heterocycles. The molecule has 4 heteroatoms. The zero-order chi connectivity index (χ0) is 13.6. The number of nitrogens with two attached hydrogens (primary N) is 1. The fourth-order valence-electron chi connectivity index (χ4n) is 1.50. The van der Waals surface area contributed by atoms with Crippen molar-refractivity contribution in [2.24, 2.45) is 11.1 Å². The highest BCUT2D eigenvalue weighted by Gasteiger charge is 2.15. The maximum absolute atomic E-state index is 11.7. The molecule has 0 atom stereocenters. The maximum atomic E-state index is 11.7. The highest BCUT2D eigenvalue weighted by atomic mass is 16.5. The Kier molecular flexibility index (Phi) is 5.16. The van der Waals surface area contributed by atoms with E-state index in [-0.39, 0.29) is 11.3 Å². The smallest absolute Gasteiger partial charge is 0.224 e. The monoisotopic (exact) mass is 250 g/mol. The third kappa shape index (κ3) is 5.68. The number of hydrogen-bond donors (Lipinski definition) is 2. The Hall–Kier alpha value is -1.55. The van der Waals surface area contributed by atoms with Crippen LogP contribution in [-0.2, 0) is 4.79 Å². The summed E-state index contributed by atoms with van der Waals surface area (Å²) in [6, 6.07) is 7.30. The molecule has 1 aromatic rings. The quantitative estimate of drug-likeness (QED) is 0.843. The summed E-state index contributed by atoms with van der Waals surface area (Å²) in [5.41, 5.74) is 6.12. The second kappa shape index (κ2) is 6.40. The minimum absolute atomic E-state index is 0.00569. The van der Waals surface area contributed by atoms with E-state index in [9.17, 15) is 4.79 Å². The van der Waals surface area contributed by atoms with Gasteiger partial charge < -0.3 is 15.8 Å². The number of hydrogen-bond acceptors (Lipinski definition) is 3. The minimum atomic E-state index is -0.00569. The summed E-state index contributed by atoms with van der Waals surface area (Å²) < 4.78 is 5.36. The summed E-state index contributed by atoms with van der Waals surface area (Å²) in [5.74, 6) is 0.785. The van der Waals surface area contributed by atoms with Gasteiger partial charge in [-0.1, -0.05) is 20.8 Å². The predicted molar refractivity (Wildman–Crippen MR) is 73.7 cm³/mol. The molecule has 0 aromatic heterocycles. The zero-order valence-corrected chi connectivity index (χ0v) is 11.3. The second-order valence-electron chi connectivity index (χ2n) is 5.45.